The van der Waals surface area contributed by atoms with Gasteiger partial charge < -0.3 is 10.0 Å². The highest BCUT2D eigenvalue weighted by molar-refractivity contribution is 5.96. The molecule has 0 bridgehead atoms. The standard InChI is InChI=1S/C14H19NO2/c1-15-9-3-2-4-12(15)10-14(17)11-5-7-13(16)8-6-11/h5-8,12,16H,2-4,9-10H2,1H3/t12-/m1/s1. The second kappa shape index (κ2) is 5.32. The number of likely N-dealkylation sites (tertiary alicyclic amines) is 1. The number of benzene rings is 1. The molecule has 1 aromatic rings. The molecule has 17 heavy (non-hydrogen) atoms. The van der Waals surface area contributed by atoms with Crippen molar-refractivity contribution >= 4 is 5.78 Å². The van der Waals surface area contributed by atoms with Gasteiger partial charge in [-0.2, -0.15) is 0 Å². The maximum Gasteiger partial charge on any atom is 0.164 e. The minimum atomic E-state index is 0.170. The van der Waals surface area contributed by atoms with E-state index in [1.807, 2.05) is 0 Å². The highest BCUT2D eigenvalue weighted by Crippen LogP contribution is 2.20. The third kappa shape index (κ3) is 3.07. The molecule has 3 heteroatoms. The van der Waals surface area contributed by atoms with Gasteiger partial charge in [0.15, 0.2) is 5.78 Å². The fraction of sp³-hybridized carbons (Fsp3) is 0.500. The van der Waals surface area contributed by atoms with Crippen LogP contribution in [0.3, 0.4) is 0 Å². The molecule has 1 aliphatic heterocycles. The van der Waals surface area contributed by atoms with Gasteiger partial charge in [-0.15, -0.1) is 0 Å². The first-order valence-corrected chi connectivity index (χ1v) is 6.19. The van der Waals surface area contributed by atoms with E-state index < -0.39 is 0 Å². The van der Waals surface area contributed by atoms with Gasteiger partial charge in [-0.05, 0) is 50.7 Å². The van der Waals surface area contributed by atoms with Crippen molar-refractivity contribution in [1.82, 2.24) is 4.90 Å². The van der Waals surface area contributed by atoms with E-state index >= 15 is 0 Å². The van der Waals surface area contributed by atoms with Crippen molar-refractivity contribution in [3.8, 4) is 5.75 Å². The number of nitrogens with zero attached hydrogens (tertiary/aromatic N) is 1. The summed E-state index contributed by atoms with van der Waals surface area (Å²) in [6.45, 7) is 1.09. The zero-order valence-electron chi connectivity index (χ0n) is 10.2. The minimum absolute atomic E-state index is 0.170. The number of carbonyl (C=O) groups is 1. The summed E-state index contributed by atoms with van der Waals surface area (Å²) >= 11 is 0. The predicted octanol–water partition coefficient (Wildman–Crippen LogP) is 2.45. The van der Waals surface area contributed by atoms with E-state index in [9.17, 15) is 9.90 Å². The summed E-state index contributed by atoms with van der Waals surface area (Å²) in [5.74, 6) is 0.375. The molecule has 1 N–H and O–H groups in total. The summed E-state index contributed by atoms with van der Waals surface area (Å²) in [7, 11) is 2.09. The Labute approximate surface area is 102 Å². The normalized spacial score (nSPS) is 21.4. The third-order valence-corrected chi connectivity index (χ3v) is 3.53. The number of carbonyl (C=O) groups excluding carboxylic acids is 1. The number of phenolic OH excluding ortho intramolecular Hbond substituents is 1. The summed E-state index contributed by atoms with van der Waals surface area (Å²) in [4.78, 5) is 14.3. The Balaban J connectivity index is 1.98. The van der Waals surface area contributed by atoms with Crippen LogP contribution in [-0.4, -0.2) is 35.4 Å². The molecule has 1 fully saturated rings. The molecule has 2 rings (SSSR count). The average Bonchev–Trinajstić information content (AvgIpc) is 2.33. The van der Waals surface area contributed by atoms with Crippen LogP contribution in [0, 0.1) is 0 Å². The second-order valence-electron chi connectivity index (χ2n) is 4.80. The Kier molecular flexibility index (Phi) is 3.79. The molecule has 0 radical (unpaired) electrons. The van der Waals surface area contributed by atoms with Gasteiger partial charge >= 0.3 is 0 Å². The first-order chi connectivity index (χ1) is 8.16. The molecule has 1 saturated heterocycles. The summed E-state index contributed by atoms with van der Waals surface area (Å²) in [6.07, 6.45) is 4.15. The van der Waals surface area contributed by atoms with Crippen LogP contribution in [0.4, 0.5) is 0 Å². The quantitative estimate of drug-likeness (QED) is 0.815. The van der Waals surface area contributed by atoms with Crippen LogP contribution in [0.15, 0.2) is 24.3 Å². The highest BCUT2D eigenvalue weighted by atomic mass is 16.3. The number of piperidine rings is 1. The summed E-state index contributed by atoms with van der Waals surface area (Å²) in [6, 6.07) is 6.90. The Morgan fingerprint density at radius 3 is 2.71 bits per heavy atom. The molecule has 0 aliphatic carbocycles. The smallest absolute Gasteiger partial charge is 0.164 e. The summed E-state index contributed by atoms with van der Waals surface area (Å²) < 4.78 is 0. The number of ketones is 1. The molecular formula is C14H19NO2. The molecule has 0 saturated carbocycles. The lowest BCUT2D eigenvalue weighted by Crippen LogP contribution is -2.37. The third-order valence-electron chi connectivity index (χ3n) is 3.53. The van der Waals surface area contributed by atoms with Gasteiger partial charge in [0.25, 0.3) is 0 Å². The van der Waals surface area contributed by atoms with Crippen LogP contribution < -0.4 is 0 Å². The van der Waals surface area contributed by atoms with E-state index in [2.05, 4.69) is 11.9 Å². The van der Waals surface area contributed by atoms with Gasteiger partial charge in [0.05, 0.1) is 0 Å². The van der Waals surface area contributed by atoms with Gasteiger partial charge in [-0.3, -0.25) is 4.79 Å². The lowest BCUT2D eigenvalue weighted by Gasteiger charge is -2.31. The molecule has 1 atom stereocenters. The van der Waals surface area contributed by atoms with Gasteiger partial charge in [-0.1, -0.05) is 6.42 Å². The van der Waals surface area contributed by atoms with Crippen LogP contribution >= 0.6 is 0 Å². The van der Waals surface area contributed by atoms with E-state index in [-0.39, 0.29) is 11.5 Å². The average molecular weight is 233 g/mol. The molecule has 0 amide bonds. The van der Waals surface area contributed by atoms with Crippen molar-refractivity contribution < 1.29 is 9.90 Å². The topological polar surface area (TPSA) is 40.5 Å². The lowest BCUT2D eigenvalue weighted by molar-refractivity contribution is 0.0906. The largest absolute Gasteiger partial charge is 0.508 e. The molecular weight excluding hydrogens is 214 g/mol. The van der Waals surface area contributed by atoms with Crippen LogP contribution in [0.2, 0.25) is 0 Å². The van der Waals surface area contributed by atoms with E-state index in [1.54, 1.807) is 24.3 Å². The first kappa shape index (κ1) is 12.1. The van der Waals surface area contributed by atoms with Crippen LogP contribution in [0.25, 0.3) is 0 Å². The number of hydrogen-bond acceptors (Lipinski definition) is 3. The number of Topliss-reactive ketones (excluding diaryl/α,β-unsaturated/α-hetero) is 1. The lowest BCUT2D eigenvalue weighted by atomic mass is 9.95. The number of aromatic hydroxyl groups is 1. The van der Waals surface area contributed by atoms with Gasteiger partial charge in [0.2, 0.25) is 0 Å². The van der Waals surface area contributed by atoms with E-state index in [0.29, 0.717) is 18.0 Å². The zero-order valence-corrected chi connectivity index (χ0v) is 10.2. The molecule has 1 aromatic carbocycles. The van der Waals surface area contributed by atoms with Crippen molar-refractivity contribution in [2.75, 3.05) is 13.6 Å². The molecule has 0 unspecified atom stereocenters. The Hall–Kier alpha value is -1.35. The van der Waals surface area contributed by atoms with Crippen molar-refractivity contribution in [3.63, 3.8) is 0 Å². The van der Waals surface area contributed by atoms with Crippen molar-refractivity contribution in [1.29, 1.82) is 0 Å². The SMILES string of the molecule is CN1CCCC[C@@H]1CC(=O)c1ccc(O)cc1. The fourth-order valence-electron chi connectivity index (χ4n) is 2.38. The van der Waals surface area contributed by atoms with Gasteiger partial charge in [0, 0.05) is 18.0 Å². The molecule has 0 aromatic heterocycles. The molecule has 1 heterocycles. The molecule has 0 spiro atoms. The minimum Gasteiger partial charge on any atom is -0.508 e. The van der Waals surface area contributed by atoms with Crippen LogP contribution in [0.5, 0.6) is 5.75 Å². The molecule has 1 aliphatic rings. The van der Waals surface area contributed by atoms with Crippen molar-refractivity contribution in [2.24, 2.45) is 0 Å². The van der Waals surface area contributed by atoms with Gasteiger partial charge in [0.1, 0.15) is 5.75 Å². The monoisotopic (exact) mass is 233 g/mol. The molecule has 92 valence electrons. The highest BCUT2D eigenvalue weighted by Gasteiger charge is 2.22. The van der Waals surface area contributed by atoms with Gasteiger partial charge in [-0.25, -0.2) is 0 Å². The predicted molar refractivity (Wildman–Crippen MR) is 67.3 cm³/mol. The number of rotatable bonds is 3. The van der Waals surface area contributed by atoms with Crippen molar-refractivity contribution in [2.45, 2.75) is 31.7 Å². The van der Waals surface area contributed by atoms with Crippen molar-refractivity contribution in [3.05, 3.63) is 29.8 Å². The molecule has 3 nitrogen and oxygen atoms in total. The Bertz CT molecular complexity index is 386. The van der Waals surface area contributed by atoms with E-state index in [1.165, 1.54) is 12.8 Å². The van der Waals surface area contributed by atoms with Crippen LogP contribution in [0.1, 0.15) is 36.0 Å². The fourth-order valence-corrected chi connectivity index (χ4v) is 2.38. The van der Waals surface area contributed by atoms with Crippen LogP contribution in [-0.2, 0) is 0 Å². The number of hydrogen-bond donors (Lipinski definition) is 1. The van der Waals surface area contributed by atoms with E-state index in [4.69, 9.17) is 0 Å². The summed E-state index contributed by atoms with van der Waals surface area (Å²) in [5, 5.41) is 9.18. The second-order valence-corrected chi connectivity index (χ2v) is 4.80. The Morgan fingerprint density at radius 2 is 2.06 bits per heavy atom. The maximum atomic E-state index is 12.1. The summed E-state index contributed by atoms with van der Waals surface area (Å²) in [5.41, 5.74) is 0.696. The van der Waals surface area contributed by atoms with E-state index in [0.717, 1.165) is 13.0 Å². The Morgan fingerprint density at radius 1 is 1.35 bits per heavy atom. The number of phenols is 1. The maximum absolute atomic E-state index is 12.1. The zero-order chi connectivity index (χ0) is 12.3. The first-order valence-electron chi connectivity index (χ1n) is 6.19.